The van der Waals surface area contributed by atoms with Gasteiger partial charge in [0.25, 0.3) is 0 Å². The van der Waals surface area contributed by atoms with E-state index in [1.165, 1.54) is 30.3 Å². The molecule has 3 rings (SSSR count). The van der Waals surface area contributed by atoms with E-state index >= 15 is 0 Å². The van der Waals surface area contributed by atoms with Crippen molar-refractivity contribution in [1.82, 2.24) is 0 Å². The number of carboxylic acid groups (broad SMARTS) is 1. The lowest BCUT2D eigenvalue weighted by atomic mass is 10.1. The third-order valence-corrected chi connectivity index (χ3v) is 8.04. The number of sulfone groups is 1. The molecule has 1 aliphatic heterocycles. The zero-order valence-corrected chi connectivity index (χ0v) is 14.5. The van der Waals surface area contributed by atoms with Gasteiger partial charge in [0.2, 0.25) is 0 Å². The molecule has 0 aliphatic carbocycles. The fourth-order valence-corrected chi connectivity index (χ4v) is 7.16. The Labute approximate surface area is 146 Å². The Bertz CT molecular complexity index is 907. The van der Waals surface area contributed by atoms with E-state index in [1.807, 2.05) is 0 Å². The molecule has 7 nitrogen and oxygen atoms in total. The third-order valence-electron chi connectivity index (χ3n) is 3.88. The normalized spacial score (nSPS) is 19.8. The number of carbonyl (C=O) groups is 1. The van der Waals surface area contributed by atoms with Crippen molar-refractivity contribution in [2.24, 2.45) is 0 Å². The lowest BCUT2D eigenvalue weighted by Crippen LogP contribution is -2.15. The number of aliphatic carboxylic acids is 1. The second-order valence-electron chi connectivity index (χ2n) is 5.56. The van der Waals surface area contributed by atoms with Gasteiger partial charge in [0.05, 0.1) is 15.5 Å². The molecule has 3 N–H and O–H groups in total. The van der Waals surface area contributed by atoms with E-state index in [9.17, 15) is 22.3 Å². The van der Waals surface area contributed by atoms with Crippen molar-refractivity contribution >= 4 is 26.4 Å². The van der Waals surface area contributed by atoms with Crippen molar-refractivity contribution in [1.29, 1.82) is 0 Å². The van der Waals surface area contributed by atoms with Crippen molar-refractivity contribution < 1.29 is 32.2 Å². The highest BCUT2D eigenvalue weighted by molar-refractivity contribution is 8.25. The molecule has 1 atom stereocenters. The minimum absolute atomic E-state index is 0.0832. The van der Waals surface area contributed by atoms with Crippen LogP contribution in [-0.2, 0) is 14.6 Å². The molecule has 0 bridgehead atoms. The van der Waals surface area contributed by atoms with Crippen LogP contribution in [0.4, 0.5) is 0 Å². The molecule has 9 heteroatoms. The number of benzene rings is 2. The van der Waals surface area contributed by atoms with Crippen LogP contribution in [0.15, 0.2) is 58.3 Å². The van der Waals surface area contributed by atoms with Gasteiger partial charge in [-0.3, -0.25) is 9.11 Å². The van der Waals surface area contributed by atoms with E-state index in [0.717, 1.165) is 0 Å². The van der Waals surface area contributed by atoms with E-state index < -0.39 is 38.3 Å². The molecule has 2 aromatic carbocycles. The van der Waals surface area contributed by atoms with Crippen LogP contribution in [0.25, 0.3) is 0 Å². The van der Waals surface area contributed by atoms with Crippen LogP contribution in [0.5, 0.6) is 5.75 Å². The van der Waals surface area contributed by atoms with E-state index in [4.69, 9.17) is 9.84 Å². The van der Waals surface area contributed by atoms with Gasteiger partial charge in [-0.15, -0.1) is 0 Å². The fraction of sp³-hybridized carbons (Fsp3) is 0.188. The molecular formula is C16H16O7S2. The summed E-state index contributed by atoms with van der Waals surface area (Å²) in [6.45, 7) is -0.580. The second kappa shape index (κ2) is 6.34. The minimum Gasteiger partial charge on any atom is -0.482 e. The molecule has 0 spiro atoms. The Morgan fingerprint density at radius 3 is 2.48 bits per heavy atom. The molecule has 0 saturated carbocycles. The summed E-state index contributed by atoms with van der Waals surface area (Å²) in [5.74, 6) is -1.36. The van der Waals surface area contributed by atoms with Crippen molar-refractivity contribution in [3.63, 3.8) is 0 Å². The first-order valence-corrected chi connectivity index (χ1v) is 10.5. The first-order valence-electron chi connectivity index (χ1n) is 7.25. The molecule has 0 fully saturated rings. The van der Waals surface area contributed by atoms with Crippen LogP contribution in [0.3, 0.4) is 0 Å². The molecule has 134 valence electrons. The molecule has 2 aromatic rings. The average molecular weight is 384 g/mol. The highest BCUT2D eigenvalue weighted by atomic mass is 32.3. The summed E-state index contributed by atoms with van der Waals surface area (Å²) >= 11 is 0. The largest absolute Gasteiger partial charge is 0.482 e. The average Bonchev–Trinajstić information content (AvgIpc) is 2.85. The predicted molar refractivity (Wildman–Crippen MR) is 91.9 cm³/mol. The summed E-state index contributed by atoms with van der Waals surface area (Å²) in [5, 5.41) is 7.57. The Kier molecular flexibility index (Phi) is 4.50. The van der Waals surface area contributed by atoms with E-state index in [0.29, 0.717) is 5.56 Å². The summed E-state index contributed by atoms with van der Waals surface area (Å²) < 4.78 is 51.4. The topological polar surface area (TPSA) is 121 Å². The molecule has 0 radical (unpaired) electrons. The zero-order chi connectivity index (χ0) is 18.2. The van der Waals surface area contributed by atoms with E-state index in [-0.39, 0.29) is 21.3 Å². The van der Waals surface area contributed by atoms with Crippen LogP contribution >= 0.6 is 10.6 Å². The molecular weight excluding hydrogens is 368 g/mol. The summed E-state index contributed by atoms with van der Waals surface area (Å²) in [4.78, 5) is 10.8. The van der Waals surface area contributed by atoms with Crippen molar-refractivity contribution in [2.75, 3.05) is 12.4 Å². The van der Waals surface area contributed by atoms with Gasteiger partial charge in [-0.1, -0.05) is 24.3 Å². The summed E-state index contributed by atoms with van der Waals surface area (Å²) in [5.41, 5.74) is 0.298. The third kappa shape index (κ3) is 3.36. The molecule has 0 saturated heterocycles. The highest BCUT2D eigenvalue weighted by Crippen LogP contribution is 2.61. The SMILES string of the molecule is O=C(O)COc1ccc2c(c1)S(O)(O)CC2S(=O)(=O)c1ccccc1. The van der Waals surface area contributed by atoms with Crippen LogP contribution in [-0.4, -0.2) is 41.0 Å². The number of fused-ring (bicyclic) bond motifs is 1. The predicted octanol–water partition coefficient (Wildman–Crippen LogP) is 2.79. The molecule has 1 unspecified atom stereocenters. The Balaban J connectivity index is 2.01. The first kappa shape index (κ1) is 17.7. The molecule has 0 aromatic heterocycles. The van der Waals surface area contributed by atoms with Gasteiger partial charge in [-0.2, -0.15) is 10.6 Å². The van der Waals surface area contributed by atoms with E-state index in [1.54, 1.807) is 18.2 Å². The lowest BCUT2D eigenvalue weighted by Gasteiger charge is -2.27. The van der Waals surface area contributed by atoms with Gasteiger partial charge >= 0.3 is 5.97 Å². The van der Waals surface area contributed by atoms with Crippen molar-refractivity contribution in [3.8, 4) is 5.75 Å². The van der Waals surface area contributed by atoms with Crippen LogP contribution < -0.4 is 4.74 Å². The number of ether oxygens (including phenoxy) is 1. The Morgan fingerprint density at radius 2 is 1.84 bits per heavy atom. The maximum absolute atomic E-state index is 12.9. The van der Waals surface area contributed by atoms with Gasteiger partial charge in [0, 0.05) is 6.07 Å². The van der Waals surface area contributed by atoms with Crippen LogP contribution in [0.1, 0.15) is 10.8 Å². The van der Waals surface area contributed by atoms with Gasteiger partial charge in [0.15, 0.2) is 16.4 Å². The summed E-state index contributed by atoms with van der Waals surface area (Å²) in [7, 11) is -7.11. The monoisotopic (exact) mass is 384 g/mol. The van der Waals surface area contributed by atoms with Gasteiger partial charge in [-0.05, 0) is 23.8 Å². The Morgan fingerprint density at radius 1 is 1.16 bits per heavy atom. The molecule has 1 heterocycles. The second-order valence-corrected chi connectivity index (χ2v) is 9.80. The highest BCUT2D eigenvalue weighted by Gasteiger charge is 2.43. The van der Waals surface area contributed by atoms with Crippen molar-refractivity contribution in [3.05, 3.63) is 54.1 Å². The van der Waals surface area contributed by atoms with Gasteiger partial charge in [0.1, 0.15) is 11.0 Å². The van der Waals surface area contributed by atoms with E-state index in [2.05, 4.69) is 0 Å². The quantitative estimate of drug-likeness (QED) is 0.725. The first-order chi connectivity index (χ1) is 11.7. The molecule has 0 amide bonds. The molecule has 1 aliphatic rings. The lowest BCUT2D eigenvalue weighted by molar-refractivity contribution is -0.139. The zero-order valence-electron chi connectivity index (χ0n) is 12.9. The summed E-state index contributed by atoms with van der Waals surface area (Å²) in [6.07, 6.45) is 0. The Hall–Kier alpha value is -2.07. The molecule has 25 heavy (non-hydrogen) atoms. The van der Waals surface area contributed by atoms with Gasteiger partial charge < -0.3 is 9.84 Å². The van der Waals surface area contributed by atoms with Crippen molar-refractivity contribution in [2.45, 2.75) is 15.0 Å². The smallest absolute Gasteiger partial charge is 0.341 e. The maximum Gasteiger partial charge on any atom is 0.341 e. The van der Waals surface area contributed by atoms with Gasteiger partial charge in [-0.25, -0.2) is 13.2 Å². The van der Waals surface area contributed by atoms with Crippen LogP contribution in [0.2, 0.25) is 0 Å². The minimum atomic E-state index is -3.80. The fourth-order valence-electron chi connectivity index (χ4n) is 2.72. The number of rotatable bonds is 5. The van der Waals surface area contributed by atoms with Crippen LogP contribution in [0, 0.1) is 0 Å². The number of hydrogen-bond acceptors (Lipinski definition) is 6. The standard InChI is InChI=1S/C16H16O7S2/c17-16(18)9-23-11-6-7-13-14(8-11)24(19,20)10-15(13)25(21,22)12-4-2-1-3-5-12/h1-8,15,19-20H,9-10H2,(H,17,18). The maximum atomic E-state index is 12.9. The summed E-state index contributed by atoms with van der Waals surface area (Å²) in [6, 6.07) is 12.0. The number of hydrogen-bond donors (Lipinski definition) is 3. The number of carboxylic acids is 1.